The van der Waals surface area contributed by atoms with E-state index in [9.17, 15) is 4.79 Å². The largest absolute Gasteiger partial charge is 0.339 e. The summed E-state index contributed by atoms with van der Waals surface area (Å²) in [5.74, 6) is 1.47. The number of amides is 1. The van der Waals surface area contributed by atoms with Gasteiger partial charge in [-0.05, 0) is 24.4 Å². The van der Waals surface area contributed by atoms with Crippen LogP contribution in [0, 0.1) is 6.92 Å². The van der Waals surface area contributed by atoms with Crippen LogP contribution in [0.3, 0.4) is 0 Å². The molecule has 0 bridgehead atoms. The van der Waals surface area contributed by atoms with Gasteiger partial charge in [0.25, 0.3) is 0 Å². The molecule has 19 heavy (non-hydrogen) atoms. The van der Waals surface area contributed by atoms with Crippen LogP contribution in [0.1, 0.15) is 22.5 Å². The highest BCUT2D eigenvalue weighted by atomic mass is 32.1. The van der Waals surface area contributed by atoms with Crippen LogP contribution in [-0.2, 0) is 4.79 Å². The third-order valence-electron chi connectivity index (χ3n) is 3.02. The van der Waals surface area contributed by atoms with Crippen molar-refractivity contribution < 1.29 is 9.32 Å². The van der Waals surface area contributed by atoms with Gasteiger partial charge in [0.05, 0.1) is 5.92 Å². The van der Waals surface area contributed by atoms with E-state index in [0.29, 0.717) is 24.8 Å². The van der Waals surface area contributed by atoms with Crippen LogP contribution >= 0.6 is 11.3 Å². The SMILES string of the molecule is Cc1noc(C2CN(C(=O)/C=C/c3cccs3)C2)n1. The number of rotatable bonds is 3. The fraction of sp³-hybridized carbons (Fsp3) is 0.308. The van der Waals surface area contributed by atoms with E-state index in [0.717, 1.165) is 4.88 Å². The molecule has 1 aliphatic rings. The highest BCUT2D eigenvalue weighted by Crippen LogP contribution is 2.25. The molecule has 0 atom stereocenters. The van der Waals surface area contributed by atoms with E-state index in [2.05, 4.69) is 10.1 Å². The Morgan fingerprint density at radius 1 is 1.58 bits per heavy atom. The first-order valence-electron chi connectivity index (χ1n) is 6.03. The number of carbonyl (C=O) groups is 1. The van der Waals surface area contributed by atoms with E-state index >= 15 is 0 Å². The van der Waals surface area contributed by atoms with Crippen LogP contribution < -0.4 is 0 Å². The molecule has 2 aromatic rings. The van der Waals surface area contributed by atoms with Crippen molar-refractivity contribution in [1.82, 2.24) is 15.0 Å². The molecule has 0 aromatic carbocycles. The van der Waals surface area contributed by atoms with Crippen molar-refractivity contribution in [2.45, 2.75) is 12.8 Å². The predicted octanol–water partition coefficient (Wildman–Crippen LogP) is 2.08. The zero-order valence-corrected chi connectivity index (χ0v) is 11.3. The van der Waals surface area contributed by atoms with Gasteiger partial charge >= 0.3 is 0 Å². The predicted molar refractivity (Wildman–Crippen MR) is 71.7 cm³/mol. The summed E-state index contributed by atoms with van der Waals surface area (Å²) in [6.07, 6.45) is 3.46. The summed E-state index contributed by atoms with van der Waals surface area (Å²) in [5, 5.41) is 5.75. The Hall–Kier alpha value is -1.95. The van der Waals surface area contributed by atoms with E-state index in [1.165, 1.54) is 0 Å². The molecular formula is C13H13N3O2S. The quantitative estimate of drug-likeness (QED) is 0.805. The fourth-order valence-electron chi connectivity index (χ4n) is 1.94. The lowest BCUT2D eigenvalue weighted by atomic mass is 10.00. The van der Waals surface area contributed by atoms with Crippen molar-refractivity contribution in [3.8, 4) is 0 Å². The van der Waals surface area contributed by atoms with Gasteiger partial charge in [-0.25, -0.2) is 0 Å². The molecule has 98 valence electrons. The van der Waals surface area contributed by atoms with Crippen LogP contribution in [0.25, 0.3) is 6.08 Å². The maximum Gasteiger partial charge on any atom is 0.246 e. The molecule has 1 aliphatic heterocycles. The third-order valence-corrected chi connectivity index (χ3v) is 3.86. The van der Waals surface area contributed by atoms with Crippen LogP contribution in [-0.4, -0.2) is 34.0 Å². The monoisotopic (exact) mass is 275 g/mol. The van der Waals surface area contributed by atoms with E-state index in [1.807, 2.05) is 23.6 Å². The molecule has 0 radical (unpaired) electrons. The van der Waals surface area contributed by atoms with Crippen molar-refractivity contribution in [2.24, 2.45) is 0 Å². The van der Waals surface area contributed by atoms with Gasteiger partial charge in [-0.3, -0.25) is 4.79 Å². The molecule has 3 rings (SSSR count). The number of hydrogen-bond donors (Lipinski definition) is 0. The molecule has 0 saturated carbocycles. The zero-order chi connectivity index (χ0) is 13.2. The van der Waals surface area contributed by atoms with Gasteiger partial charge in [-0.15, -0.1) is 11.3 Å². The molecule has 1 fully saturated rings. The standard InChI is InChI=1S/C13H13N3O2S/c1-9-14-13(18-15-9)10-7-16(8-10)12(17)5-4-11-3-2-6-19-11/h2-6,10H,7-8H2,1H3/b5-4+. The average Bonchev–Trinajstić information content (AvgIpc) is 2.96. The fourth-order valence-corrected chi connectivity index (χ4v) is 2.56. The summed E-state index contributed by atoms with van der Waals surface area (Å²) in [6.45, 7) is 3.09. The summed E-state index contributed by atoms with van der Waals surface area (Å²) >= 11 is 1.61. The number of hydrogen-bond acceptors (Lipinski definition) is 5. The van der Waals surface area contributed by atoms with E-state index < -0.39 is 0 Å². The first kappa shape index (κ1) is 12.1. The second-order valence-corrected chi connectivity index (χ2v) is 5.45. The molecule has 2 aromatic heterocycles. The molecule has 0 aliphatic carbocycles. The molecule has 1 saturated heterocycles. The lowest BCUT2D eigenvalue weighted by molar-refractivity contribution is -0.130. The Balaban J connectivity index is 1.54. The van der Waals surface area contributed by atoms with Crippen molar-refractivity contribution in [3.05, 3.63) is 40.2 Å². The summed E-state index contributed by atoms with van der Waals surface area (Å²) in [5.41, 5.74) is 0. The van der Waals surface area contributed by atoms with E-state index in [4.69, 9.17) is 4.52 Å². The van der Waals surface area contributed by atoms with Gasteiger partial charge < -0.3 is 9.42 Å². The number of thiophene rings is 1. The highest BCUT2D eigenvalue weighted by molar-refractivity contribution is 7.10. The van der Waals surface area contributed by atoms with Gasteiger partial charge in [0.2, 0.25) is 11.8 Å². The minimum absolute atomic E-state index is 0.0286. The number of carbonyl (C=O) groups excluding carboxylic acids is 1. The molecule has 3 heterocycles. The van der Waals surface area contributed by atoms with Crippen LogP contribution in [0.4, 0.5) is 0 Å². The number of aromatic nitrogens is 2. The first-order valence-corrected chi connectivity index (χ1v) is 6.91. The Labute approximate surface area is 114 Å². The minimum Gasteiger partial charge on any atom is -0.339 e. The number of aryl methyl sites for hydroxylation is 1. The Morgan fingerprint density at radius 3 is 3.05 bits per heavy atom. The third kappa shape index (κ3) is 2.58. The number of likely N-dealkylation sites (tertiary alicyclic amines) is 1. The molecule has 0 unspecified atom stereocenters. The topological polar surface area (TPSA) is 59.2 Å². The van der Waals surface area contributed by atoms with Crippen molar-refractivity contribution in [3.63, 3.8) is 0 Å². The van der Waals surface area contributed by atoms with Gasteiger partial charge in [0.1, 0.15) is 0 Å². The zero-order valence-electron chi connectivity index (χ0n) is 10.4. The van der Waals surface area contributed by atoms with Gasteiger partial charge in [-0.1, -0.05) is 11.2 Å². The first-order chi connectivity index (χ1) is 9.22. The van der Waals surface area contributed by atoms with Crippen LogP contribution in [0.2, 0.25) is 0 Å². The maximum atomic E-state index is 11.9. The molecular weight excluding hydrogens is 262 g/mol. The molecule has 6 heteroatoms. The molecule has 1 amide bonds. The van der Waals surface area contributed by atoms with Crippen molar-refractivity contribution in [2.75, 3.05) is 13.1 Å². The minimum atomic E-state index is 0.0286. The summed E-state index contributed by atoms with van der Waals surface area (Å²) in [7, 11) is 0. The lowest BCUT2D eigenvalue weighted by Gasteiger charge is -2.36. The Morgan fingerprint density at radius 2 is 2.42 bits per heavy atom. The van der Waals surface area contributed by atoms with Crippen molar-refractivity contribution in [1.29, 1.82) is 0 Å². The average molecular weight is 275 g/mol. The van der Waals surface area contributed by atoms with Gasteiger partial charge in [0.15, 0.2) is 5.82 Å². The summed E-state index contributed by atoms with van der Waals surface area (Å²) < 4.78 is 5.10. The molecule has 0 spiro atoms. The summed E-state index contributed by atoms with van der Waals surface area (Å²) in [6, 6.07) is 3.95. The van der Waals surface area contributed by atoms with E-state index in [-0.39, 0.29) is 11.8 Å². The Kier molecular flexibility index (Phi) is 3.16. The summed E-state index contributed by atoms with van der Waals surface area (Å²) in [4.78, 5) is 18.9. The molecule has 0 N–H and O–H groups in total. The van der Waals surface area contributed by atoms with E-state index in [1.54, 1.807) is 29.2 Å². The second kappa shape index (κ2) is 4.97. The normalized spacial score (nSPS) is 15.9. The molecule has 5 nitrogen and oxygen atoms in total. The van der Waals surface area contributed by atoms with Crippen molar-refractivity contribution >= 4 is 23.3 Å². The second-order valence-electron chi connectivity index (χ2n) is 4.47. The highest BCUT2D eigenvalue weighted by Gasteiger charge is 2.34. The maximum absolute atomic E-state index is 11.9. The van der Waals surface area contributed by atoms with Gasteiger partial charge in [0, 0.05) is 24.0 Å². The number of nitrogens with zero attached hydrogens (tertiary/aromatic N) is 3. The van der Waals surface area contributed by atoms with Crippen LogP contribution in [0.15, 0.2) is 28.1 Å². The smallest absolute Gasteiger partial charge is 0.246 e. The Bertz CT molecular complexity index is 597. The van der Waals surface area contributed by atoms with Crippen LogP contribution in [0.5, 0.6) is 0 Å². The van der Waals surface area contributed by atoms with Gasteiger partial charge in [-0.2, -0.15) is 4.98 Å². The lowest BCUT2D eigenvalue weighted by Crippen LogP contribution is -2.47.